The monoisotopic (exact) mass is 383 g/mol. The maximum absolute atomic E-state index is 12.7. The molecule has 3 amide bonds. The average Bonchev–Trinajstić information content (AvgIpc) is 3.28. The fourth-order valence-electron chi connectivity index (χ4n) is 3.30. The van der Waals surface area contributed by atoms with Crippen LogP contribution in [0, 0.1) is 0 Å². The largest absolute Gasteiger partial charge is 0.459 e. The van der Waals surface area contributed by atoms with Crippen molar-refractivity contribution in [3.05, 3.63) is 59.5 Å². The van der Waals surface area contributed by atoms with Gasteiger partial charge < -0.3 is 19.1 Å². The highest BCUT2D eigenvalue weighted by molar-refractivity contribution is 5.98. The lowest BCUT2D eigenvalue weighted by atomic mass is 10.1. The fourth-order valence-corrected chi connectivity index (χ4v) is 3.30. The number of amides is 3. The molecule has 2 heterocycles. The van der Waals surface area contributed by atoms with Crippen molar-refractivity contribution in [3.8, 4) is 0 Å². The lowest BCUT2D eigenvalue weighted by molar-refractivity contribution is 0.0518. The Hall–Kier alpha value is -3.09. The molecule has 1 saturated heterocycles. The van der Waals surface area contributed by atoms with Crippen molar-refractivity contribution in [2.24, 2.45) is 0 Å². The Labute approximate surface area is 164 Å². The summed E-state index contributed by atoms with van der Waals surface area (Å²) >= 11 is 0. The van der Waals surface area contributed by atoms with Crippen LogP contribution >= 0.6 is 0 Å². The summed E-state index contributed by atoms with van der Waals surface area (Å²) in [6, 6.07) is 10.1. The van der Waals surface area contributed by atoms with E-state index in [0.29, 0.717) is 56.2 Å². The van der Waals surface area contributed by atoms with E-state index in [9.17, 15) is 14.4 Å². The number of benzene rings is 1. The molecule has 0 aliphatic carbocycles. The number of furan rings is 1. The lowest BCUT2D eigenvalue weighted by Gasteiger charge is -2.34. The van der Waals surface area contributed by atoms with E-state index in [1.54, 1.807) is 51.1 Å². The summed E-state index contributed by atoms with van der Waals surface area (Å²) in [6.45, 7) is 7.03. The zero-order chi connectivity index (χ0) is 20.1. The molecule has 7 nitrogen and oxygen atoms in total. The molecule has 0 unspecified atom stereocenters. The molecule has 0 bridgehead atoms. The van der Waals surface area contributed by atoms with Crippen molar-refractivity contribution in [1.29, 1.82) is 0 Å². The van der Waals surface area contributed by atoms with Gasteiger partial charge >= 0.3 is 0 Å². The lowest BCUT2D eigenvalue weighted by Crippen LogP contribution is -2.50. The third kappa shape index (κ3) is 4.08. The van der Waals surface area contributed by atoms with E-state index in [1.165, 1.54) is 6.26 Å². The van der Waals surface area contributed by atoms with Gasteiger partial charge in [0.15, 0.2) is 5.76 Å². The Balaban J connectivity index is 1.59. The summed E-state index contributed by atoms with van der Waals surface area (Å²) in [6.07, 6.45) is 1.47. The fraction of sp³-hybridized carbons (Fsp3) is 0.381. The summed E-state index contributed by atoms with van der Waals surface area (Å²) in [4.78, 5) is 42.6. The van der Waals surface area contributed by atoms with Gasteiger partial charge in [0, 0.05) is 50.4 Å². The van der Waals surface area contributed by atoms with Crippen LogP contribution in [0.15, 0.2) is 47.1 Å². The van der Waals surface area contributed by atoms with Gasteiger partial charge in [-0.1, -0.05) is 0 Å². The minimum absolute atomic E-state index is 0.0333. The molecule has 0 spiro atoms. The molecule has 0 radical (unpaired) electrons. The van der Waals surface area contributed by atoms with E-state index in [0.717, 1.165) is 0 Å². The van der Waals surface area contributed by atoms with Crippen LogP contribution in [0.2, 0.25) is 0 Å². The zero-order valence-electron chi connectivity index (χ0n) is 16.3. The second-order valence-corrected chi connectivity index (χ2v) is 6.62. The topological polar surface area (TPSA) is 74.1 Å². The van der Waals surface area contributed by atoms with Gasteiger partial charge in [0.25, 0.3) is 17.7 Å². The van der Waals surface area contributed by atoms with Gasteiger partial charge in [-0.25, -0.2) is 0 Å². The third-order valence-corrected chi connectivity index (χ3v) is 5.02. The smallest absolute Gasteiger partial charge is 0.289 e. The molecule has 0 saturated carbocycles. The Morgan fingerprint density at radius 3 is 1.89 bits per heavy atom. The summed E-state index contributed by atoms with van der Waals surface area (Å²) in [5.74, 6) is 0.0330. The maximum atomic E-state index is 12.7. The van der Waals surface area contributed by atoms with E-state index in [4.69, 9.17) is 4.42 Å². The minimum atomic E-state index is -0.156. The molecule has 1 aromatic heterocycles. The first-order valence-electron chi connectivity index (χ1n) is 9.56. The molecular weight excluding hydrogens is 358 g/mol. The van der Waals surface area contributed by atoms with Crippen LogP contribution < -0.4 is 0 Å². The number of carbonyl (C=O) groups excluding carboxylic acids is 3. The molecule has 1 aromatic carbocycles. The Morgan fingerprint density at radius 2 is 1.39 bits per heavy atom. The molecule has 0 atom stereocenters. The first-order chi connectivity index (χ1) is 13.5. The highest BCUT2D eigenvalue weighted by atomic mass is 16.3. The van der Waals surface area contributed by atoms with Crippen LogP contribution in [0.5, 0.6) is 0 Å². The van der Waals surface area contributed by atoms with Crippen LogP contribution in [-0.4, -0.2) is 71.7 Å². The summed E-state index contributed by atoms with van der Waals surface area (Å²) in [5, 5.41) is 0. The molecule has 3 rings (SSSR count). The Bertz CT molecular complexity index is 818. The molecule has 1 aliphatic heterocycles. The van der Waals surface area contributed by atoms with Crippen LogP contribution in [0.4, 0.5) is 0 Å². The Morgan fingerprint density at radius 1 is 0.857 bits per heavy atom. The van der Waals surface area contributed by atoms with Gasteiger partial charge in [-0.15, -0.1) is 0 Å². The van der Waals surface area contributed by atoms with Gasteiger partial charge in [0.1, 0.15) is 0 Å². The predicted molar refractivity (Wildman–Crippen MR) is 104 cm³/mol. The van der Waals surface area contributed by atoms with E-state index < -0.39 is 0 Å². The van der Waals surface area contributed by atoms with Gasteiger partial charge in [-0.05, 0) is 50.2 Å². The van der Waals surface area contributed by atoms with Crippen LogP contribution in [0.25, 0.3) is 0 Å². The number of hydrogen-bond acceptors (Lipinski definition) is 4. The molecule has 1 aliphatic rings. The van der Waals surface area contributed by atoms with E-state index in [-0.39, 0.29) is 17.7 Å². The van der Waals surface area contributed by atoms with Gasteiger partial charge in [0.05, 0.1) is 6.26 Å². The number of rotatable bonds is 5. The van der Waals surface area contributed by atoms with E-state index in [2.05, 4.69) is 0 Å². The number of piperazine rings is 1. The Kier molecular flexibility index (Phi) is 6.13. The van der Waals surface area contributed by atoms with Crippen molar-refractivity contribution in [2.45, 2.75) is 13.8 Å². The van der Waals surface area contributed by atoms with Gasteiger partial charge in [-0.2, -0.15) is 0 Å². The van der Waals surface area contributed by atoms with Crippen molar-refractivity contribution in [1.82, 2.24) is 14.7 Å². The van der Waals surface area contributed by atoms with E-state index >= 15 is 0 Å². The predicted octanol–water partition coefficient (Wildman–Crippen LogP) is 2.36. The van der Waals surface area contributed by atoms with Crippen molar-refractivity contribution in [2.75, 3.05) is 39.3 Å². The van der Waals surface area contributed by atoms with Crippen LogP contribution in [0.1, 0.15) is 45.1 Å². The van der Waals surface area contributed by atoms with Crippen LogP contribution in [-0.2, 0) is 0 Å². The molecule has 2 aromatic rings. The molecular formula is C21H25N3O4. The molecule has 28 heavy (non-hydrogen) atoms. The second kappa shape index (κ2) is 8.73. The quantitative estimate of drug-likeness (QED) is 0.794. The third-order valence-electron chi connectivity index (χ3n) is 5.02. The first kappa shape index (κ1) is 19.7. The van der Waals surface area contributed by atoms with Gasteiger partial charge in [-0.3, -0.25) is 14.4 Å². The summed E-state index contributed by atoms with van der Waals surface area (Å²) in [7, 11) is 0. The molecule has 0 N–H and O–H groups in total. The highest BCUT2D eigenvalue weighted by Gasteiger charge is 2.26. The summed E-state index contributed by atoms with van der Waals surface area (Å²) < 4.78 is 5.15. The molecule has 148 valence electrons. The van der Waals surface area contributed by atoms with Gasteiger partial charge in [0.2, 0.25) is 0 Å². The number of carbonyl (C=O) groups is 3. The SMILES string of the molecule is CCN(CC)C(=O)c1ccc(C(=O)N2CCN(C(=O)c3ccco3)CC2)cc1. The van der Waals surface area contributed by atoms with E-state index in [1.807, 2.05) is 13.8 Å². The molecule has 7 heteroatoms. The first-order valence-corrected chi connectivity index (χ1v) is 9.56. The van der Waals surface area contributed by atoms with Crippen molar-refractivity contribution < 1.29 is 18.8 Å². The highest BCUT2D eigenvalue weighted by Crippen LogP contribution is 2.14. The zero-order valence-corrected chi connectivity index (χ0v) is 16.3. The van der Waals surface area contributed by atoms with Crippen LogP contribution in [0.3, 0.4) is 0 Å². The maximum Gasteiger partial charge on any atom is 0.289 e. The number of nitrogens with zero attached hydrogens (tertiary/aromatic N) is 3. The normalized spacial score (nSPS) is 14.1. The number of hydrogen-bond donors (Lipinski definition) is 0. The summed E-state index contributed by atoms with van der Waals surface area (Å²) in [5.41, 5.74) is 1.12. The second-order valence-electron chi connectivity index (χ2n) is 6.62. The van der Waals surface area contributed by atoms with Crippen molar-refractivity contribution >= 4 is 17.7 Å². The van der Waals surface area contributed by atoms with Crippen molar-refractivity contribution in [3.63, 3.8) is 0 Å². The standard InChI is InChI=1S/C21H25N3O4/c1-3-22(4-2)19(25)16-7-9-17(10-8-16)20(26)23-11-13-24(14-12-23)21(27)18-6-5-15-28-18/h5-10,15H,3-4,11-14H2,1-2H3. The average molecular weight is 383 g/mol. The minimum Gasteiger partial charge on any atom is -0.459 e. The molecule has 1 fully saturated rings.